The van der Waals surface area contributed by atoms with Crippen molar-refractivity contribution >= 4 is 11.6 Å². The molecule has 0 fully saturated rings. The molecule has 1 rings (SSSR count). The van der Waals surface area contributed by atoms with Gasteiger partial charge >= 0.3 is 32.7 Å². The van der Waals surface area contributed by atoms with Crippen LogP contribution in [0, 0.1) is 6.58 Å². The summed E-state index contributed by atoms with van der Waals surface area (Å²) in [6.07, 6.45) is 0.993. The van der Waals surface area contributed by atoms with E-state index in [2.05, 4.69) is 5.32 Å². The first-order valence-electron chi connectivity index (χ1n) is 3.24. The van der Waals surface area contributed by atoms with Gasteiger partial charge in [-0.25, -0.2) is 0 Å². The first-order valence-corrected chi connectivity index (χ1v) is 3.24. The second kappa shape index (κ2) is 6.09. The SMILES string of the molecule is [CH-]=CC(=O)Nc1ccccc1.[Y+3]. The molecule has 1 amide bonds. The summed E-state index contributed by atoms with van der Waals surface area (Å²) in [5.41, 5.74) is 0.749. The minimum atomic E-state index is -0.295. The molecule has 0 aliphatic heterocycles. The monoisotopic (exact) mass is 235 g/mol. The number of anilines is 1. The summed E-state index contributed by atoms with van der Waals surface area (Å²) in [7, 11) is 0. The maximum Gasteiger partial charge on any atom is 3.00 e. The van der Waals surface area contributed by atoms with Gasteiger partial charge in [0.25, 0.3) is 0 Å². The molecule has 0 heterocycles. The van der Waals surface area contributed by atoms with Gasteiger partial charge in [-0.1, -0.05) is 18.2 Å². The largest absolute Gasteiger partial charge is 3.00 e. The van der Waals surface area contributed by atoms with E-state index >= 15 is 0 Å². The quantitative estimate of drug-likeness (QED) is 0.612. The summed E-state index contributed by atoms with van der Waals surface area (Å²) in [5, 5.41) is 2.57. The Bertz CT molecular complexity index is 258. The Kier molecular flexibility index (Phi) is 5.86. The van der Waals surface area contributed by atoms with Gasteiger partial charge in [0, 0.05) is 5.69 Å². The summed E-state index contributed by atoms with van der Waals surface area (Å²) in [6, 6.07) is 9.14. The van der Waals surface area contributed by atoms with E-state index in [0.717, 1.165) is 11.8 Å². The van der Waals surface area contributed by atoms with Gasteiger partial charge in [-0.05, 0) is 12.1 Å². The van der Waals surface area contributed by atoms with Crippen molar-refractivity contribution in [2.75, 3.05) is 5.32 Å². The van der Waals surface area contributed by atoms with Gasteiger partial charge in [0.2, 0.25) is 0 Å². The van der Waals surface area contributed by atoms with Crippen LogP contribution >= 0.6 is 0 Å². The predicted octanol–water partition coefficient (Wildman–Crippen LogP) is 1.61. The number of hydrogen-bond acceptors (Lipinski definition) is 1. The zero-order valence-corrected chi connectivity index (χ0v) is 9.37. The third-order valence-corrected chi connectivity index (χ3v) is 1.19. The van der Waals surface area contributed by atoms with Crippen molar-refractivity contribution in [3.63, 3.8) is 0 Å². The van der Waals surface area contributed by atoms with Gasteiger partial charge in [0.1, 0.15) is 0 Å². The van der Waals surface area contributed by atoms with Gasteiger partial charge in [-0.3, -0.25) is 6.58 Å². The van der Waals surface area contributed by atoms with Crippen LogP contribution in [-0.4, -0.2) is 5.91 Å². The molecule has 0 radical (unpaired) electrons. The molecule has 1 N–H and O–H groups in total. The van der Waals surface area contributed by atoms with Crippen LogP contribution < -0.4 is 5.32 Å². The fourth-order valence-electron chi connectivity index (χ4n) is 0.705. The molecule has 12 heavy (non-hydrogen) atoms. The van der Waals surface area contributed by atoms with E-state index in [4.69, 9.17) is 6.58 Å². The molecule has 1 aromatic rings. The molecule has 56 valence electrons. The third-order valence-electron chi connectivity index (χ3n) is 1.19. The van der Waals surface area contributed by atoms with Crippen molar-refractivity contribution in [1.29, 1.82) is 0 Å². The molecule has 1 aromatic carbocycles. The Labute approximate surface area is 96.9 Å². The number of amides is 1. The van der Waals surface area contributed by atoms with E-state index < -0.39 is 0 Å². The van der Waals surface area contributed by atoms with E-state index in [9.17, 15) is 4.79 Å². The van der Waals surface area contributed by atoms with E-state index in [1.54, 1.807) is 12.1 Å². The van der Waals surface area contributed by atoms with Gasteiger partial charge < -0.3 is 10.1 Å². The van der Waals surface area contributed by atoms with Crippen molar-refractivity contribution in [3.05, 3.63) is 43.0 Å². The predicted molar refractivity (Wildman–Crippen MR) is 43.9 cm³/mol. The molecular weight excluding hydrogens is 227 g/mol. The number of nitrogens with one attached hydrogen (secondary N) is 1. The average molecular weight is 235 g/mol. The van der Waals surface area contributed by atoms with Gasteiger partial charge in [-0.2, -0.15) is 6.08 Å². The van der Waals surface area contributed by atoms with Crippen LogP contribution in [0.5, 0.6) is 0 Å². The summed E-state index contributed by atoms with van der Waals surface area (Å²) in [5.74, 6) is -0.295. The van der Waals surface area contributed by atoms with Crippen LogP contribution in [0.15, 0.2) is 36.4 Å². The minimum Gasteiger partial charge on any atom is -0.401 e. The van der Waals surface area contributed by atoms with Crippen LogP contribution in [0.1, 0.15) is 0 Å². The zero-order valence-electron chi connectivity index (χ0n) is 6.53. The topological polar surface area (TPSA) is 29.1 Å². The smallest absolute Gasteiger partial charge is 0.401 e. The molecular formula is C9H8NOY+2. The first kappa shape index (κ1) is 11.5. The van der Waals surface area contributed by atoms with E-state index in [0.29, 0.717) is 0 Å². The fraction of sp³-hybridized carbons (Fsp3) is 0. The van der Waals surface area contributed by atoms with E-state index in [-0.39, 0.29) is 38.6 Å². The van der Waals surface area contributed by atoms with Crippen molar-refractivity contribution in [2.45, 2.75) is 0 Å². The average Bonchev–Trinajstić information content (AvgIpc) is 2.06. The molecule has 0 saturated carbocycles. The standard InChI is InChI=1S/C9H8NO.Y/c1-2-9(11)10-8-6-4-3-5-7-8;/h1-7H,(H,10,11);/q-1;+3. The Hall–Kier alpha value is -0.466. The number of hydrogen-bond donors (Lipinski definition) is 1. The Morgan fingerprint density at radius 2 is 1.92 bits per heavy atom. The molecule has 0 atom stereocenters. The molecule has 0 aromatic heterocycles. The maximum absolute atomic E-state index is 10.7. The Morgan fingerprint density at radius 3 is 2.42 bits per heavy atom. The van der Waals surface area contributed by atoms with Crippen LogP contribution in [0.2, 0.25) is 0 Å². The van der Waals surface area contributed by atoms with Crippen molar-refractivity contribution in [2.24, 2.45) is 0 Å². The second-order valence-electron chi connectivity index (χ2n) is 2.02. The van der Waals surface area contributed by atoms with E-state index in [1.807, 2.05) is 18.2 Å². The molecule has 0 aliphatic carbocycles. The Morgan fingerprint density at radius 1 is 1.33 bits per heavy atom. The zero-order chi connectivity index (χ0) is 8.10. The molecule has 0 unspecified atom stereocenters. The summed E-state index contributed by atoms with van der Waals surface area (Å²) < 4.78 is 0. The van der Waals surface area contributed by atoms with Crippen LogP contribution in [0.25, 0.3) is 0 Å². The number of para-hydroxylation sites is 1. The number of carbonyl (C=O) groups excluding carboxylic acids is 1. The van der Waals surface area contributed by atoms with Crippen molar-refractivity contribution in [1.82, 2.24) is 0 Å². The minimum absolute atomic E-state index is 0. The van der Waals surface area contributed by atoms with Crippen LogP contribution in [-0.2, 0) is 37.5 Å². The van der Waals surface area contributed by atoms with Crippen LogP contribution in [0.3, 0.4) is 0 Å². The van der Waals surface area contributed by atoms with E-state index in [1.165, 1.54) is 0 Å². The van der Waals surface area contributed by atoms with Gasteiger partial charge in [-0.15, -0.1) is 0 Å². The number of benzene rings is 1. The molecule has 0 bridgehead atoms. The molecule has 0 aliphatic rings. The number of carbonyl (C=O) groups is 1. The van der Waals surface area contributed by atoms with Crippen molar-refractivity contribution in [3.8, 4) is 0 Å². The number of rotatable bonds is 2. The first-order chi connectivity index (χ1) is 5.33. The molecule has 0 saturated heterocycles. The van der Waals surface area contributed by atoms with Gasteiger partial charge in [0.05, 0.1) is 5.91 Å². The molecule has 3 heteroatoms. The fourth-order valence-corrected chi connectivity index (χ4v) is 0.705. The second-order valence-corrected chi connectivity index (χ2v) is 2.02. The normalized spacial score (nSPS) is 8.00. The summed E-state index contributed by atoms with van der Waals surface area (Å²) in [4.78, 5) is 10.7. The summed E-state index contributed by atoms with van der Waals surface area (Å²) in [6.45, 7) is 4.98. The third kappa shape index (κ3) is 3.79. The van der Waals surface area contributed by atoms with Gasteiger partial charge in [0.15, 0.2) is 0 Å². The molecule has 2 nitrogen and oxygen atoms in total. The molecule has 0 spiro atoms. The van der Waals surface area contributed by atoms with Crippen LogP contribution in [0.4, 0.5) is 5.69 Å². The summed E-state index contributed by atoms with van der Waals surface area (Å²) >= 11 is 0. The Balaban J connectivity index is 0.00000121. The maximum atomic E-state index is 10.7. The van der Waals surface area contributed by atoms with Crippen molar-refractivity contribution < 1.29 is 37.5 Å².